The van der Waals surface area contributed by atoms with Crippen LogP contribution in [-0.4, -0.2) is 23.8 Å². The summed E-state index contributed by atoms with van der Waals surface area (Å²) in [4.78, 5) is 31.7. The summed E-state index contributed by atoms with van der Waals surface area (Å²) in [6, 6.07) is 14.4. The van der Waals surface area contributed by atoms with E-state index in [1.54, 1.807) is 30.6 Å². The molecule has 34 heavy (non-hydrogen) atoms. The maximum Gasteiger partial charge on any atom is 0.338 e. The summed E-state index contributed by atoms with van der Waals surface area (Å²) in [6.07, 6.45) is 3.47. The lowest BCUT2D eigenvalue weighted by Crippen LogP contribution is -2.39. The smallest absolute Gasteiger partial charge is 0.338 e. The summed E-state index contributed by atoms with van der Waals surface area (Å²) in [5.41, 5.74) is 2.23. The third kappa shape index (κ3) is 4.69. The number of para-hydroxylation sites is 1. The van der Waals surface area contributed by atoms with Crippen LogP contribution in [0, 0.1) is 0 Å². The summed E-state index contributed by atoms with van der Waals surface area (Å²) in [5, 5.41) is 0. The quantitative estimate of drug-likeness (QED) is 0.335. The van der Waals surface area contributed by atoms with Crippen molar-refractivity contribution < 1.29 is 14.3 Å². The van der Waals surface area contributed by atoms with Gasteiger partial charge < -0.3 is 9.47 Å². The molecule has 174 valence electrons. The molecule has 0 bridgehead atoms. The van der Waals surface area contributed by atoms with Crippen molar-refractivity contribution in [1.82, 2.24) is 4.57 Å². The topological polar surface area (TPSA) is 69.9 Å². The molecule has 2 heterocycles. The number of hydrogen-bond acceptors (Lipinski definition) is 6. The Balaban J connectivity index is 1.92. The molecule has 0 fully saturated rings. The average molecular weight is 539 g/mol. The molecule has 1 aromatic heterocycles. The van der Waals surface area contributed by atoms with E-state index in [2.05, 4.69) is 27.5 Å². The standard InChI is InChI=1S/C26H23BrN2O4S/c1-4-14-33-20-9-7-6-8-18(20)15-21-24(30)29-23(17-10-12-19(27)13-11-17)22(25(31)32-5-2)16(3)28-26(29)34-21/h4,6-13,15,23H,1,5,14H2,2-3H3/b21-15-. The van der Waals surface area contributed by atoms with Crippen molar-refractivity contribution >= 4 is 39.3 Å². The Morgan fingerprint density at radius 1 is 1.24 bits per heavy atom. The summed E-state index contributed by atoms with van der Waals surface area (Å²) >= 11 is 4.73. The lowest BCUT2D eigenvalue weighted by molar-refractivity contribution is -0.139. The fraction of sp³-hybridized carbons (Fsp3) is 0.192. The third-order valence-electron chi connectivity index (χ3n) is 5.27. The second kappa shape index (κ2) is 10.4. The Hall–Kier alpha value is -3.23. The highest BCUT2D eigenvalue weighted by Crippen LogP contribution is 2.31. The largest absolute Gasteiger partial charge is 0.489 e. The van der Waals surface area contributed by atoms with Gasteiger partial charge in [0.25, 0.3) is 5.56 Å². The second-order valence-corrected chi connectivity index (χ2v) is 9.42. The Kier molecular flexibility index (Phi) is 7.29. The molecule has 0 N–H and O–H groups in total. The highest BCUT2D eigenvalue weighted by molar-refractivity contribution is 9.10. The zero-order valence-corrected chi connectivity index (χ0v) is 21.2. The summed E-state index contributed by atoms with van der Waals surface area (Å²) in [5.74, 6) is 0.176. The van der Waals surface area contributed by atoms with Crippen LogP contribution in [0.1, 0.15) is 31.0 Å². The molecule has 0 radical (unpaired) electrons. The van der Waals surface area contributed by atoms with Gasteiger partial charge in [-0.05, 0) is 43.7 Å². The van der Waals surface area contributed by atoms with Gasteiger partial charge >= 0.3 is 5.97 Å². The number of fused-ring (bicyclic) bond motifs is 1. The number of benzene rings is 2. The highest BCUT2D eigenvalue weighted by atomic mass is 79.9. The summed E-state index contributed by atoms with van der Waals surface area (Å²) in [6.45, 7) is 7.80. The first-order chi connectivity index (χ1) is 16.4. The van der Waals surface area contributed by atoms with Crippen LogP contribution in [0.25, 0.3) is 6.08 Å². The van der Waals surface area contributed by atoms with Gasteiger partial charge in [0.2, 0.25) is 0 Å². The maximum absolute atomic E-state index is 13.7. The Morgan fingerprint density at radius 3 is 2.68 bits per heavy atom. The number of thiazole rings is 1. The van der Waals surface area contributed by atoms with Crippen LogP contribution in [0.15, 0.2) is 86.7 Å². The number of nitrogens with zero attached hydrogens (tertiary/aromatic N) is 2. The predicted molar refractivity (Wildman–Crippen MR) is 137 cm³/mol. The third-order valence-corrected chi connectivity index (χ3v) is 6.78. The molecule has 1 aliphatic heterocycles. The Labute approximate surface area is 209 Å². The van der Waals surface area contributed by atoms with Crippen LogP contribution in [0.3, 0.4) is 0 Å². The minimum absolute atomic E-state index is 0.231. The van der Waals surface area contributed by atoms with Crippen molar-refractivity contribution in [3.8, 4) is 5.75 Å². The molecular weight excluding hydrogens is 516 g/mol. The minimum atomic E-state index is -0.641. The highest BCUT2D eigenvalue weighted by Gasteiger charge is 2.33. The van der Waals surface area contributed by atoms with Crippen LogP contribution in [-0.2, 0) is 9.53 Å². The number of carbonyl (C=O) groups excluding carboxylic acids is 1. The second-order valence-electron chi connectivity index (χ2n) is 7.49. The molecule has 0 saturated heterocycles. The lowest BCUT2D eigenvalue weighted by atomic mass is 9.96. The minimum Gasteiger partial charge on any atom is -0.489 e. The van der Waals surface area contributed by atoms with Crippen LogP contribution in [0.2, 0.25) is 0 Å². The van der Waals surface area contributed by atoms with Crippen molar-refractivity contribution in [2.75, 3.05) is 13.2 Å². The number of aromatic nitrogens is 1. The molecule has 6 nitrogen and oxygen atoms in total. The molecule has 4 rings (SSSR count). The first-order valence-electron chi connectivity index (χ1n) is 10.7. The van der Waals surface area contributed by atoms with Gasteiger partial charge in [-0.15, -0.1) is 0 Å². The van der Waals surface area contributed by atoms with Crippen molar-refractivity contribution in [3.05, 3.63) is 108 Å². The van der Waals surface area contributed by atoms with E-state index in [-0.39, 0.29) is 12.2 Å². The van der Waals surface area contributed by atoms with Crippen LogP contribution >= 0.6 is 27.3 Å². The van der Waals surface area contributed by atoms with E-state index < -0.39 is 12.0 Å². The number of hydrogen-bond donors (Lipinski definition) is 0. The van der Waals surface area contributed by atoms with E-state index in [0.717, 1.165) is 15.6 Å². The average Bonchev–Trinajstić information content (AvgIpc) is 3.12. The molecule has 8 heteroatoms. The Bertz CT molecular complexity index is 1450. The molecule has 3 aromatic rings. The van der Waals surface area contributed by atoms with E-state index in [1.165, 1.54) is 11.3 Å². The number of esters is 1. The molecule has 0 spiro atoms. The van der Waals surface area contributed by atoms with Crippen LogP contribution < -0.4 is 19.6 Å². The van der Waals surface area contributed by atoms with Gasteiger partial charge in [0.15, 0.2) is 4.80 Å². The van der Waals surface area contributed by atoms with E-state index in [4.69, 9.17) is 9.47 Å². The fourth-order valence-electron chi connectivity index (χ4n) is 3.77. The van der Waals surface area contributed by atoms with E-state index >= 15 is 0 Å². The van der Waals surface area contributed by atoms with Crippen molar-refractivity contribution in [2.45, 2.75) is 19.9 Å². The van der Waals surface area contributed by atoms with Gasteiger partial charge in [-0.25, -0.2) is 9.79 Å². The van der Waals surface area contributed by atoms with Crippen LogP contribution in [0.4, 0.5) is 0 Å². The van der Waals surface area contributed by atoms with Gasteiger partial charge in [0.05, 0.1) is 28.5 Å². The van der Waals surface area contributed by atoms with E-state index in [0.29, 0.717) is 33.0 Å². The molecule has 0 aliphatic carbocycles. The van der Waals surface area contributed by atoms with Crippen molar-refractivity contribution in [2.24, 2.45) is 4.99 Å². The zero-order chi connectivity index (χ0) is 24.2. The normalized spacial score (nSPS) is 15.5. The number of carbonyl (C=O) groups is 1. The summed E-state index contributed by atoms with van der Waals surface area (Å²) < 4.78 is 14.0. The number of halogens is 1. The van der Waals surface area contributed by atoms with Gasteiger partial charge in [-0.2, -0.15) is 0 Å². The number of ether oxygens (including phenoxy) is 2. The first kappa shape index (κ1) is 23.9. The van der Waals surface area contributed by atoms with Gasteiger partial charge in [0.1, 0.15) is 12.4 Å². The van der Waals surface area contributed by atoms with Crippen molar-refractivity contribution in [1.29, 1.82) is 0 Å². The van der Waals surface area contributed by atoms with Crippen molar-refractivity contribution in [3.63, 3.8) is 0 Å². The monoisotopic (exact) mass is 538 g/mol. The maximum atomic E-state index is 13.7. The SMILES string of the molecule is C=CCOc1ccccc1/C=c1\sc2n(c1=O)C(c1ccc(Br)cc1)C(C(=O)OCC)=C(C)N=2. The van der Waals surface area contributed by atoms with Gasteiger partial charge in [0, 0.05) is 10.0 Å². The first-order valence-corrected chi connectivity index (χ1v) is 12.3. The molecular formula is C26H23BrN2O4S. The Morgan fingerprint density at radius 2 is 1.97 bits per heavy atom. The van der Waals surface area contributed by atoms with Gasteiger partial charge in [-0.1, -0.05) is 70.3 Å². The number of rotatable bonds is 7. The molecule has 1 aliphatic rings. The van der Waals surface area contributed by atoms with E-state index in [1.807, 2.05) is 48.5 Å². The molecule has 1 unspecified atom stereocenters. The predicted octanol–water partition coefficient (Wildman–Crippen LogP) is 4.13. The zero-order valence-electron chi connectivity index (χ0n) is 18.8. The van der Waals surface area contributed by atoms with Gasteiger partial charge in [-0.3, -0.25) is 9.36 Å². The van der Waals surface area contributed by atoms with Crippen LogP contribution in [0.5, 0.6) is 5.75 Å². The van der Waals surface area contributed by atoms with E-state index in [9.17, 15) is 9.59 Å². The molecule has 2 aromatic carbocycles. The fourth-order valence-corrected chi connectivity index (χ4v) is 5.07. The molecule has 1 atom stereocenters. The lowest BCUT2D eigenvalue weighted by Gasteiger charge is -2.24. The molecule has 0 saturated carbocycles. The molecule has 0 amide bonds. The number of allylic oxidation sites excluding steroid dienone is 1. The summed E-state index contributed by atoms with van der Waals surface area (Å²) in [7, 11) is 0.